The van der Waals surface area contributed by atoms with E-state index in [1.807, 2.05) is 0 Å². The fourth-order valence-electron chi connectivity index (χ4n) is 1.66. The van der Waals surface area contributed by atoms with Gasteiger partial charge in [0.1, 0.15) is 12.4 Å². The van der Waals surface area contributed by atoms with Crippen LogP contribution >= 0.6 is 11.6 Å². The first-order valence-corrected chi connectivity index (χ1v) is 6.31. The Hall–Kier alpha value is -2.60. The average Bonchev–Trinajstić information content (AvgIpc) is 2.47. The second-order valence-electron chi connectivity index (χ2n) is 4.15. The highest BCUT2D eigenvalue weighted by Gasteiger charge is 2.06. The molecule has 0 aliphatic heterocycles. The highest BCUT2D eigenvalue weighted by Crippen LogP contribution is 2.26. The number of hydrogen-bond acceptors (Lipinski definition) is 5. The van der Waals surface area contributed by atoms with E-state index in [9.17, 15) is 10.1 Å². The highest BCUT2D eigenvalue weighted by molar-refractivity contribution is 6.32. The predicted molar refractivity (Wildman–Crippen MR) is 78.3 cm³/mol. The Morgan fingerprint density at radius 2 is 2.00 bits per heavy atom. The molecule has 6 nitrogen and oxygen atoms in total. The zero-order valence-corrected chi connectivity index (χ0v) is 11.5. The third kappa shape index (κ3) is 3.93. The standard InChI is InChI=1S/C14H11ClN2O4/c15-13-7-11(8-16-18)3-6-14(13)21-9-10-1-4-12(5-2-10)17(19)20/h1-8,18H,9H2. The molecule has 0 aromatic heterocycles. The lowest BCUT2D eigenvalue weighted by Gasteiger charge is -2.08. The van der Waals surface area contributed by atoms with Crippen molar-refractivity contribution in [1.82, 2.24) is 0 Å². The van der Waals surface area contributed by atoms with Crippen LogP contribution in [-0.2, 0) is 6.61 Å². The van der Waals surface area contributed by atoms with E-state index in [-0.39, 0.29) is 12.3 Å². The molecule has 0 unspecified atom stereocenters. The van der Waals surface area contributed by atoms with Crippen molar-refractivity contribution < 1.29 is 14.9 Å². The van der Waals surface area contributed by atoms with Crippen LogP contribution in [0, 0.1) is 10.1 Å². The monoisotopic (exact) mass is 306 g/mol. The van der Waals surface area contributed by atoms with Crippen molar-refractivity contribution in [2.24, 2.45) is 5.16 Å². The SMILES string of the molecule is O=[N+]([O-])c1ccc(COc2ccc(C=NO)cc2Cl)cc1. The van der Waals surface area contributed by atoms with Gasteiger partial charge in [0.2, 0.25) is 0 Å². The number of ether oxygens (including phenoxy) is 1. The summed E-state index contributed by atoms with van der Waals surface area (Å²) < 4.78 is 5.55. The maximum atomic E-state index is 10.5. The molecule has 0 aliphatic rings. The van der Waals surface area contributed by atoms with Gasteiger partial charge in [0.25, 0.3) is 5.69 Å². The molecule has 0 saturated heterocycles. The number of non-ortho nitro benzene ring substituents is 1. The summed E-state index contributed by atoms with van der Waals surface area (Å²) in [5, 5.41) is 22.3. The molecule has 7 heteroatoms. The Kier molecular flexibility index (Phi) is 4.73. The van der Waals surface area contributed by atoms with Crippen LogP contribution in [0.15, 0.2) is 47.6 Å². The molecule has 2 rings (SSSR count). The largest absolute Gasteiger partial charge is 0.487 e. The van der Waals surface area contributed by atoms with E-state index < -0.39 is 4.92 Å². The first-order valence-electron chi connectivity index (χ1n) is 5.93. The fourth-order valence-corrected chi connectivity index (χ4v) is 1.90. The van der Waals surface area contributed by atoms with Crippen LogP contribution < -0.4 is 4.74 Å². The molecule has 0 spiro atoms. The molecule has 21 heavy (non-hydrogen) atoms. The van der Waals surface area contributed by atoms with Crippen LogP contribution in [0.3, 0.4) is 0 Å². The van der Waals surface area contributed by atoms with Gasteiger partial charge in [0.15, 0.2) is 0 Å². The number of benzene rings is 2. The van der Waals surface area contributed by atoms with E-state index in [1.165, 1.54) is 18.3 Å². The lowest BCUT2D eigenvalue weighted by Crippen LogP contribution is -1.97. The quantitative estimate of drug-likeness (QED) is 0.395. The second kappa shape index (κ2) is 6.71. The topological polar surface area (TPSA) is 85.0 Å². The highest BCUT2D eigenvalue weighted by atomic mass is 35.5. The summed E-state index contributed by atoms with van der Waals surface area (Å²) in [6.45, 7) is 0.241. The van der Waals surface area contributed by atoms with Gasteiger partial charge in [-0.3, -0.25) is 10.1 Å². The Morgan fingerprint density at radius 1 is 1.29 bits per heavy atom. The van der Waals surface area contributed by atoms with Crippen molar-refractivity contribution in [2.75, 3.05) is 0 Å². The van der Waals surface area contributed by atoms with Gasteiger partial charge in [-0.2, -0.15) is 0 Å². The number of halogens is 1. The van der Waals surface area contributed by atoms with Gasteiger partial charge in [-0.05, 0) is 41.5 Å². The van der Waals surface area contributed by atoms with Crippen molar-refractivity contribution in [3.8, 4) is 5.75 Å². The smallest absolute Gasteiger partial charge is 0.269 e. The van der Waals surface area contributed by atoms with Gasteiger partial charge in [-0.15, -0.1) is 0 Å². The van der Waals surface area contributed by atoms with Crippen molar-refractivity contribution in [1.29, 1.82) is 0 Å². The van der Waals surface area contributed by atoms with Gasteiger partial charge in [0, 0.05) is 12.1 Å². The van der Waals surface area contributed by atoms with E-state index in [0.29, 0.717) is 16.3 Å². The molecule has 108 valence electrons. The van der Waals surface area contributed by atoms with Crippen molar-refractivity contribution in [3.63, 3.8) is 0 Å². The molecular weight excluding hydrogens is 296 g/mol. The van der Waals surface area contributed by atoms with Gasteiger partial charge >= 0.3 is 0 Å². The van der Waals surface area contributed by atoms with Crippen LogP contribution in [0.4, 0.5) is 5.69 Å². The number of oxime groups is 1. The maximum absolute atomic E-state index is 10.5. The molecule has 0 radical (unpaired) electrons. The van der Waals surface area contributed by atoms with Gasteiger partial charge in [0.05, 0.1) is 16.2 Å². The normalized spacial score (nSPS) is 10.7. The fraction of sp³-hybridized carbons (Fsp3) is 0.0714. The minimum Gasteiger partial charge on any atom is -0.487 e. The number of nitro groups is 1. The van der Waals surface area contributed by atoms with E-state index in [0.717, 1.165) is 5.56 Å². The number of hydrogen-bond donors (Lipinski definition) is 1. The summed E-state index contributed by atoms with van der Waals surface area (Å²) >= 11 is 6.04. The summed E-state index contributed by atoms with van der Waals surface area (Å²) in [7, 11) is 0. The molecule has 0 fully saturated rings. The van der Waals surface area contributed by atoms with E-state index in [2.05, 4.69) is 5.16 Å². The van der Waals surface area contributed by atoms with Crippen molar-refractivity contribution in [3.05, 3.63) is 68.7 Å². The molecule has 0 atom stereocenters. The van der Waals surface area contributed by atoms with Crippen LogP contribution in [0.25, 0.3) is 0 Å². The zero-order valence-electron chi connectivity index (χ0n) is 10.8. The lowest BCUT2D eigenvalue weighted by molar-refractivity contribution is -0.384. The summed E-state index contributed by atoms with van der Waals surface area (Å²) in [6.07, 6.45) is 1.26. The molecule has 0 heterocycles. The number of rotatable bonds is 5. The van der Waals surface area contributed by atoms with Crippen LogP contribution in [0.5, 0.6) is 5.75 Å². The molecule has 0 bridgehead atoms. The summed E-state index contributed by atoms with van der Waals surface area (Å²) in [4.78, 5) is 10.1. The third-order valence-electron chi connectivity index (χ3n) is 2.70. The number of nitro benzene ring substituents is 1. The molecule has 0 saturated carbocycles. The summed E-state index contributed by atoms with van der Waals surface area (Å²) in [5.74, 6) is 0.477. The first kappa shape index (κ1) is 14.8. The average molecular weight is 307 g/mol. The van der Waals surface area contributed by atoms with Gasteiger partial charge in [-0.25, -0.2) is 0 Å². The molecular formula is C14H11ClN2O4. The van der Waals surface area contributed by atoms with Crippen LogP contribution in [0.1, 0.15) is 11.1 Å². The molecule has 2 aromatic carbocycles. The predicted octanol–water partition coefficient (Wildman–Crippen LogP) is 3.64. The Morgan fingerprint density at radius 3 is 2.57 bits per heavy atom. The summed E-state index contributed by atoms with van der Waals surface area (Å²) in [5.41, 5.74) is 1.47. The third-order valence-corrected chi connectivity index (χ3v) is 3.00. The Labute approximate surface area is 125 Å². The molecule has 1 N–H and O–H groups in total. The van der Waals surface area contributed by atoms with Gasteiger partial charge in [-0.1, -0.05) is 16.8 Å². The maximum Gasteiger partial charge on any atom is 0.269 e. The number of nitrogens with zero attached hydrogens (tertiary/aromatic N) is 2. The molecule has 0 aliphatic carbocycles. The van der Waals surface area contributed by atoms with E-state index >= 15 is 0 Å². The second-order valence-corrected chi connectivity index (χ2v) is 4.55. The van der Waals surface area contributed by atoms with Gasteiger partial charge < -0.3 is 9.94 Å². The lowest BCUT2D eigenvalue weighted by atomic mass is 10.2. The van der Waals surface area contributed by atoms with Crippen LogP contribution in [0.2, 0.25) is 5.02 Å². The minimum atomic E-state index is -0.455. The zero-order chi connectivity index (χ0) is 15.2. The Bertz CT molecular complexity index is 671. The van der Waals surface area contributed by atoms with Crippen molar-refractivity contribution in [2.45, 2.75) is 6.61 Å². The molecule has 2 aromatic rings. The summed E-state index contributed by atoms with van der Waals surface area (Å²) in [6, 6.07) is 11.0. The van der Waals surface area contributed by atoms with Crippen molar-refractivity contribution >= 4 is 23.5 Å². The van der Waals surface area contributed by atoms with Crippen LogP contribution in [-0.4, -0.2) is 16.3 Å². The van der Waals surface area contributed by atoms with E-state index in [4.69, 9.17) is 21.5 Å². The first-order chi connectivity index (χ1) is 10.1. The Balaban J connectivity index is 2.04. The minimum absolute atomic E-state index is 0.0319. The van der Waals surface area contributed by atoms with E-state index in [1.54, 1.807) is 30.3 Å². The molecule has 0 amide bonds.